The number of urea groups is 1. The molecule has 0 aliphatic carbocycles. The van der Waals surface area contributed by atoms with Gasteiger partial charge in [0.1, 0.15) is 11.5 Å². The van der Waals surface area contributed by atoms with Crippen LogP contribution in [-0.2, 0) is 6.54 Å². The highest BCUT2D eigenvalue weighted by molar-refractivity contribution is 5.89. The maximum Gasteiger partial charge on any atom is 0.347 e. The molecule has 1 unspecified atom stereocenters. The van der Waals surface area contributed by atoms with Gasteiger partial charge in [-0.3, -0.25) is 4.57 Å². The minimum absolute atomic E-state index is 0.249. The van der Waals surface area contributed by atoms with Crippen molar-refractivity contribution < 1.29 is 9.21 Å². The smallest absolute Gasteiger partial charge is 0.347 e. The number of anilines is 1. The summed E-state index contributed by atoms with van der Waals surface area (Å²) < 4.78 is 7.01. The van der Waals surface area contributed by atoms with Gasteiger partial charge in [0, 0.05) is 18.1 Å². The van der Waals surface area contributed by atoms with Crippen molar-refractivity contribution in [3.05, 3.63) is 82.4 Å². The number of aryl methyl sites for hydroxylation is 1. The number of hydrogen-bond acceptors (Lipinski definition) is 4. The lowest BCUT2D eigenvalue weighted by Crippen LogP contribution is -2.31. The molecule has 2 aromatic heterocycles. The van der Waals surface area contributed by atoms with Crippen molar-refractivity contribution in [1.82, 2.24) is 14.9 Å². The van der Waals surface area contributed by atoms with Gasteiger partial charge in [0.25, 0.3) is 0 Å². The standard InChI is InChI=1S/C19H20N4O3/c1-13-7-8-17(26-13)14(2)21-18(24)22-16-6-3-5-15(11-16)12-23-10-4-9-20-19(23)25/h3-11,14H,12H2,1-2H3,(H2,21,22,24). The molecule has 0 fully saturated rings. The molecule has 1 atom stereocenters. The Bertz CT molecular complexity index is 961. The number of nitrogens with zero attached hydrogens (tertiary/aromatic N) is 2. The fourth-order valence-electron chi connectivity index (χ4n) is 2.57. The molecule has 2 N–H and O–H groups in total. The molecule has 134 valence electrons. The van der Waals surface area contributed by atoms with Crippen molar-refractivity contribution >= 4 is 11.7 Å². The Morgan fingerprint density at radius 3 is 2.85 bits per heavy atom. The third kappa shape index (κ3) is 4.38. The van der Waals surface area contributed by atoms with E-state index in [4.69, 9.17) is 4.42 Å². The average molecular weight is 352 g/mol. The third-order valence-electron chi connectivity index (χ3n) is 3.86. The van der Waals surface area contributed by atoms with E-state index in [0.717, 1.165) is 11.3 Å². The third-order valence-corrected chi connectivity index (χ3v) is 3.86. The van der Waals surface area contributed by atoms with Gasteiger partial charge in [-0.2, -0.15) is 0 Å². The first kappa shape index (κ1) is 17.5. The lowest BCUT2D eigenvalue weighted by molar-refractivity contribution is 0.247. The Labute approximate surface area is 150 Å². The van der Waals surface area contributed by atoms with Gasteiger partial charge in [0.05, 0.1) is 12.6 Å². The van der Waals surface area contributed by atoms with Crippen molar-refractivity contribution in [2.24, 2.45) is 0 Å². The zero-order chi connectivity index (χ0) is 18.5. The highest BCUT2D eigenvalue weighted by atomic mass is 16.3. The number of rotatable bonds is 5. The molecule has 3 aromatic rings. The number of hydrogen-bond donors (Lipinski definition) is 2. The second-order valence-corrected chi connectivity index (χ2v) is 6.00. The molecule has 7 heteroatoms. The summed E-state index contributed by atoms with van der Waals surface area (Å²) in [4.78, 5) is 27.6. The lowest BCUT2D eigenvalue weighted by atomic mass is 10.2. The number of aromatic nitrogens is 2. The Morgan fingerprint density at radius 1 is 1.27 bits per heavy atom. The van der Waals surface area contributed by atoms with E-state index in [1.54, 1.807) is 18.3 Å². The second-order valence-electron chi connectivity index (χ2n) is 6.00. The Hall–Kier alpha value is -3.35. The first-order valence-corrected chi connectivity index (χ1v) is 8.25. The van der Waals surface area contributed by atoms with E-state index in [1.165, 1.54) is 10.8 Å². The normalized spacial score (nSPS) is 11.8. The van der Waals surface area contributed by atoms with Crippen molar-refractivity contribution in [2.45, 2.75) is 26.4 Å². The predicted octanol–water partition coefficient (Wildman–Crippen LogP) is 3.08. The van der Waals surface area contributed by atoms with E-state index in [2.05, 4.69) is 15.6 Å². The van der Waals surface area contributed by atoms with Crippen LogP contribution >= 0.6 is 0 Å². The molecule has 7 nitrogen and oxygen atoms in total. The van der Waals surface area contributed by atoms with Crippen molar-refractivity contribution in [3.8, 4) is 0 Å². The number of nitrogens with one attached hydrogen (secondary N) is 2. The fraction of sp³-hybridized carbons (Fsp3) is 0.211. The van der Waals surface area contributed by atoms with E-state index in [9.17, 15) is 9.59 Å². The summed E-state index contributed by atoms with van der Waals surface area (Å²) in [5.74, 6) is 1.50. The SMILES string of the molecule is Cc1ccc(C(C)NC(=O)Nc2cccc(Cn3cccnc3=O)c2)o1. The van der Waals surface area contributed by atoms with E-state index in [1.807, 2.05) is 44.2 Å². The van der Waals surface area contributed by atoms with E-state index in [0.29, 0.717) is 18.0 Å². The summed E-state index contributed by atoms with van der Waals surface area (Å²) in [6.45, 7) is 4.09. The van der Waals surface area contributed by atoms with E-state index >= 15 is 0 Å². The van der Waals surface area contributed by atoms with Crippen LogP contribution in [0.5, 0.6) is 0 Å². The van der Waals surface area contributed by atoms with Crippen molar-refractivity contribution in [1.29, 1.82) is 0 Å². The molecular formula is C19H20N4O3. The van der Waals surface area contributed by atoms with Gasteiger partial charge in [-0.05, 0) is 49.7 Å². The number of furan rings is 1. The van der Waals surface area contributed by atoms with Gasteiger partial charge < -0.3 is 15.1 Å². The molecule has 3 rings (SSSR count). The number of carbonyl (C=O) groups excluding carboxylic acids is 1. The maximum absolute atomic E-state index is 12.2. The fourth-order valence-corrected chi connectivity index (χ4v) is 2.57. The topological polar surface area (TPSA) is 89.2 Å². The average Bonchev–Trinajstić information content (AvgIpc) is 3.04. The zero-order valence-electron chi connectivity index (χ0n) is 14.6. The molecule has 0 saturated carbocycles. The van der Waals surface area contributed by atoms with Gasteiger partial charge in [-0.25, -0.2) is 14.6 Å². The van der Waals surface area contributed by atoms with Crippen LogP contribution in [0.2, 0.25) is 0 Å². The number of carbonyl (C=O) groups is 1. The number of benzene rings is 1. The van der Waals surface area contributed by atoms with Gasteiger partial charge in [-0.15, -0.1) is 0 Å². The zero-order valence-corrected chi connectivity index (χ0v) is 14.6. The van der Waals surface area contributed by atoms with Crippen LogP contribution in [0.25, 0.3) is 0 Å². The summed E-state index contributed by atoms with van der Waals surface area (Å²) in [5.41, 5.74) is 1.21. The van der Waals surface area contributed by atoms with Crippen LogP contribution in [0.3, 0.4) is 0 Å². The van der Waals surface area contributed by atoms with Crippen LogP contribution in [-0.4, -0.2) is 15.6 Å². The van der Waals surface area contributed by atoms with E-state index in [-0.39, 0.29) is 17.8 Å². The highest BCUT2D eigenvalue weighted by Crippen LogP contribution is 2.16. The molecule has 0 aliphatic rings. The molecule has 0 radical (unpaired) electrons. The molecule has 0 saturated heterocycles. The van der Waals surface area contributed by atoms with Crippen molar-refractivity contribution in [3.63, 3.8) is 0 Å². The second kappa shape index (κ2) is 7.69. The van der Waals surface area contributed by atoms with Gasteiger partial charge in [-0.1, -0.05) is 12.1 Å². The minimum Gasteiger partial charge on any atom is -0.464 e. The van der Waals surface area contributed by atoms with Crippen molar-refractivity contribution in [2.75, 3.05) is 5.32 Å². The first-order valence-electron chi connectivity index (χ1n) is 8.25. The minimum atomic E-state index is -0.331. The lowest BCUT2D eigenvalue weighted by Gasteiger charge is -2.13. The molecular weight excluding hydrogens is 332 g/mol. The quantitative estimate of drug-likeness (QED) is 0.738. The summed E-state index contributed by atoms with van der Waals surface area (Å²) in [5, 5.41) is 5.62. The molecule has 26 heavy (non-hydrogen) atoms. The summed E-state index contributed by atoms with van der Waals surface area (Å²) >= 11 is 0. The highest BCUT2D eigenvalue weighted by Gasteiger charge is 2.12. The summed E-state index contributed by atoms with van der Waals surface area (Å²) in [6, 6.07) is 12.1. The Balaban J connectivity index is 1.64. The number of amides is 2. The summed E-state index contributed by atoms with van der Waals surface area (Å²) in [7, 11) is 0. The monoisotopic (exact) mass is 352 g/mol. The summed E-state index contributed by atoms with van der Waals surface area (Å²) in [6.07, 6.45) is 3.14. The Kier molecular flexibility index (Phi) is 5.17. The van der Waals surface area contributed by atoms with Crippen LogP contribution in [0.4, 0.5) is 10.5 Å². The maximum atomic E-state index is 12.2. The van der Waals surface area contributed by atoms with Crippen LogP contribution in [0.15, 0.2) is 64.1 Å². The molecule has 2 amide bonds. The molecule has 0 bridgehead atoms. The predicted molar refractivity (Wildman–Crippen MR) is 98.1 cm³/mol. The molecule has 0 aliphatic heterocycles. The van der Waals surface area contributed by atoms with Crippen LogP contribution in [0, 0.1) is 6.92 Å². The Morgan fingerprint density at radius 2 is 2.12 bits per heavy atom. The molecule has 1 aromatic carbocycles. The van der Waals surface area contributed by atoms with Gasteiger partial charge in [0.15, 0.2) is 0 Å². The first-order chi connectivity index (χ1) is 12.5. The van der Waals surface area contributed by atoms with E-state index < -0.39 is 0 Å². The van der Waals surface area contributed by atoms with Gasteiger partial charge >= 0.3 is 11.7 Å². The van der Waals surface area contributed by atoms with Gasteiger partial charge in [0.2, 0.25) is 0 Å². The van der Waals surface area contributed by atoms with Crippen LogP contribution < -0.4 is 16.3 Å². The molecule has 2 heterocycles. The molecule has 0 spiro atoms. The largest absolute Gasteiger partial charge is 0.464 e. The van der Waals surface area contributed by atoms with Crippen LogP contribution in [0.1, 0.15) is 30.0 Å².